The summed E-state index contributed by atoms with van der Waals surface area (Å²) >= 11 is 0. The number of aliphatic carboxylic acids is 1. The number of nitrogens with zero attached hydrogens (tertiary/aromatic N) is 1. The first-order valence-corrected chi connectivity index (χ1v) is 6.29. The van der Waals surface area contributed by atoms with Gasteiger partial charge < -0.3 is 15.7 Å². The molecule has 9 heteroatoms. The van der Waals surface area contributed by atoms with Crippen molar-refractivity contribution in [2.24, 2.45) is 0 Å². The number of urea groups is 1. The van der Waals surface area contributed by atoms with Gasteiger partial charge >= 0.3 is 12.0 Å². The van der Waals surface area contributed by atoms with Gasteiger partial charge in [0.05, 0.1) is 13.1 Å². The molecule has 0 aromatic carbocycles. The molecule has 0 aromatic heterocycles. The monoisotopic (exact) mass is 284 g/mol. The summed E-state index contributed by atoms with van der Waals surface area (Å²) in [5, 5.41) is 16.1. The number of nitrogens with one attached hydrogen (secondary N) is 3. The minimum Gasteiger partial charge on any atom is -0.480 e. The van der Waals surface area contributed by atoms with Crippen LogP contribution in [0.2, 0.25) is 0 Å². The third-order valence-corrected chi connectivity index (χ3v) is 3.08. The standard InChI is InChI=1S/C11H16N4O5/c16-8-4-15(7(3-12-8)10(18)19)5-9(17)14-11(20)13-6-1-2-6/h6-7H,1-5H2,(H,12,16)(H,18,19)(H2,13,14,17,20). The lowest BCUT2D eigenvalue weighted by Gasteiger charge is -2.31. The highest BCUT2D eigenvalue weighted by Crippen LogP contribution is 2.18. The Bertz CT molecular complexity index is 448. The third kappa shape index (κ3) is 3.92. The number of piperazine rings is 1. The summed E-state index contributed by atoms with van der Waals surface area (Å²) < 4.78 is 0. The van der Waals surface area contributed by atoms with Crippen LogP contribution < -0.4 is 16.0 Å². The van der Waals surface area contributed by atoms with Crippen LogP contribution >= 0.6 is 0 Å². The van der Waals surface area contributed by atoms with Crippen molar-refractivity contribution in [1.82, 2.24) is 20.9 Å². The summed E-state index contributed by atoms with van der Waals surface area (Å²) in [6.07, 6.45) is 1.80. The molecule has 4 N–H and O–H groups in total. The normalized spacial score (nSPS) is 22.8. The zero-order valence-electron chi connectivity index (χ0n) is 10.7. The summed E-state index contributed by atoms with van der Waals surface area (Å²) in [7, 11) is 0. The van der Waals surface area contributed by atoms with E-state index in [4.69, 9.17) is 5.11 Å². The molecule has 1 aliphatic carbocycles. The van der Waals surface area contributed by atoms with E-state index >= 15 is 0 Å². The van der Waals surface area contributed by atoms with Crippen molar-refractivity contribution in [2.75, 3.05) is 19.6 Å². The van der Waals surface area contributed by atoms with E-state index in [1.54, 1.807) is 0 Å². The van der Waals surface area contributed by atoms with Gasteiger partial charge in [-0.05, 0) is 12.8 Å². The zero-order chi connectivity index (χ0) is 14.7. The van der Waals surface area contributed by atoms with E-state index in [0.29, 0.717) is 0 Å². The fourth-order valence-corrected chi connectivity index (χ4v) is 1.90. The fraction of sp³-hybridized carbons (Fsp3) is 0.636. The number of carboxylic acids is 1. The maximum atomic E-state index is 11.7. The van der Waals surface area contributed by atoms with Gasteiger partial charge in [-0.25, -0.2) is 4.79 Å². The molecule has 4 amide bonds. The van der Waals surface area contributed by atoms with Gasteiger partial charge in [-0.3, -0.25) is 24.6 Å². The average Bonchev–Trinajstić information content (AvgIpc) is 3.11. The number of hydrogen-bond acceptors (Lipinski definition) is 5. The predicted octanol–water partition coefficient (Wildman–Crippen LogP) is -2.14. The van der Waals surface area contributed by atoms with Crippen molar-refractivity contribution < 1.29 is 24.3 Å². The van der Waals surface area contributed by atoms with Gasteiger partial charge in [0.25, 0.3) is 0 Å². The van der Waals surface area contributed by atoms with Gasteiger partial charge in [-0.2, -0.15) is 0 Å². The summed E-state index contributed by atoms with van der Waals surface area (Å²) in [5.74, 6) is -2.11. The lowest BCUT2D eigenvalue weighted by molar-refractivity contribution is -0.146. The molecule has 0 bridgehead atoms. The Morgan fingerprint density at radius 3 is 2.65 bits per heavy atom. The highest BCUT2D eigenvalue weighted by Gasteiger charge is 2.33. The van der Waals surface area contributed by atoms with Crippen LogP contribution in [-0.2, 0) is 14.4 Å². The predicted molar refractivity (Wildman–Crippen MR) is 65.7 cm³/mol. The molecular formula is C11H16N4O5. The van der Waals surface area contributed by atoms with Crippen LogP contribution in [-0.4, -0.2) is 65.5 Å². The molecule has 1 aliphatic heterocycles. The largest absolute Gasteiger partial charge is 0.480 e. The second-order valence-corrected chi connectivity index (χ2v) is 4.86. The average molecular weight is 284 g/mol. The molecular weight excluding hydrogens is 268 g/mol. The van der Waals surface area contributed by atoms with E-state index in [1.807, 2.05) is 0 Å². The molecule has 1 atom stereocenters. The number of carbonyl (C=O) groups is 4. The maximum Gasteiger partial charge on any atom is 0.322 e. The van der Waals surface area contributed by atoms with E-state index in [0.717, 1.165) is 12.8 Å². The molecule has 9 nitrogen and oxygen atoms in total. The van der Waals surface area contributed by atoms with Crippen molar-refractivity contribution in [2.45, 2.75) is 24.9 Å². The summed E-state index contributed by atoms with van der Waals surface area (Å²) in [6, 6.07) is -1.44. The molecule has 2 fully saturated rings. The number of hydrogen-bond donors (Lipinski definition) is 4. The first-order valence-electron chi connectivity index (χ1n) is 6.29. The minimum absolute atomic E-state index is 0.0598. The zero-order valence-corrected chi connectivity index (χ0v) is 10.7. The van der Waals surface area contributed by atoms with E-state index in [-0.39, 0.29) is 31.6 Å². The van der Waals surface area contributed by atoms with Gasteiger partial charge in [0.2, 0.25) is 11.8 Å². The molecule has 0 aromatic rings. The van der Waals surface area contributed by atoms with E-state index in [1.165, 1.54) is 4.90 Å². The topological polar surface area (TPSA) is 128 Å². The number of carboxylic acid groups (broad SMARTS) is 1. The molecule has 20 heavy (non-hydrogen) atoms. The first-order chi connectivity index (χ1) is 9.45. The number of amides is 4. The summed E-state index contributed by atoms with van der Waals surface area (Å²) in [5.41, 5.74) is 0. The van der Waals surface area contributed by atoms with Crippen LogP contribution in [0.5, 0.6) is 0 Å². The molecule has 1 saturated heterocycles. The Kier molecular flexibility index (Phi) is 4.18. The van der Waals surface area contributed by atoms with E-state index < -0.39 is 23.9 Å². The third-order valence-electron chi connectivity index (χ3n) is 3.08. The molecule has 1 saturated carbocycles. The van der Waals surface area contributed by atoms with Gasteiger partial charge in [-0.15, -0.1) is 0 Å². The number of carbonyl (C=O) groups excluding carboxylic acids is 3. The Morgan fingerprint density at radius 1 is 1.35 bits per heavy atom. The fourth-order valence-electron chi connectivity index (χ4n) is 1.90. The molecule has 0 radical (unpaired) electrons. The second-order valence-electron chi connectivity index (χ2n) is 4.86. The quantitative estimate of drug-likeness (QED) is 0.466. The van der Waals surface area contributed by atoms with Crippen molar-refractivity contribution in [3.8, 4) is 0 Å². The summed E-state index contributed by atoms with van der Waals surface area (Å²) in [4.78, 5) is 46.5. The van der Waals surface area contributed by atoms with Crippen LogP contribution in [0.25, 0.3) is 0 Å². The lowest BCUT2D eigenvalue weighted by Crippen LogP contribution is -2.59. The van der Waals surface area contributed by atoms with Gasteiger partial charge in [-0.1, -0.05) is 0 Å². The van der Waals surface area contributed by atoms with Crippen molar-refractivity contribution in [1.29, 1.82) is 0 Å². The first kappa shape index (κ1) is 14.3. The van der Waals surface area contributed by atoms with Crippen molar-refractivity contribution in [3.05, 3.63) is 0 Å². The Hall–Kier alpha value is -2.16. The van der Waals surface area contributed by atoms with Crippen LogP contribution in [0.1, 0.15) is 12.8 Å². The number of rotatable bonds is 4. The highest BCUT2D eigenvalue weighted by atomic mass is 16.4. The van der Waals surface area contributed by atoms with Gasteiger partial charge in [0.1, 0.15) is 6.04 Å². The molecule has 1 unspecified atom stereocenters. The maximum absolute atomic E-state index is 11.7. The van der Waals surface area contributed by atoms with Gasteiger partial charge in [0.15, 0.2) is 0 Å². The van der Waals surface area contributed by atoms with Gasteiger partial charge in [0, 0.05) is 12.6 Å². The smallest absolute Gasteiger partial charge is 0.322 e. The van der Waals surface area contributed by atoms with Crippen LogP contribution in [0.15, 0.2) is 0 Å². The van der Waals surface area contributed by atoms with Crippen LogP contribution in [0, 0.1) is 0 Å². The lowest BCUT2D eigenvalue weighted by atomic mass is 10.2. The second kappa shape index (κ2) is 5.87. The SMILES string of the molecule is O=C1CN(CC(=O)NC(=O)NC2CC2)C(C(=O)O)CN1. The van der Waals surface area contributed by atoms with Crippen molar-refractivity contribution >= 4 is 23.8 Å². The molecule has 0 spiro atoms. The molecule has 1 heterocycles. The van der Waals surface area contributed by atoms with E-state index in [2.05, 4.69) is 16.0 Å². The van der Waals surface area contributed by atoms with Crippen molar-refractivity contribution in [3.63, 3.8) is 0 Å². The Balaban J connectivity index is 1.84. The highest BCUT2D eigenvalue weighted by molar-refractivity contribution is 5.96. The molecule has 2 aliphatic rings. The van der Waals surface area contributed by atoms with E-state index in [9.17, 15) is 19.2 Å². The molecule has 2 rings (SSSR count). The number of imide groups is 1. The van der Waals surface area contributed by atoms with Crippen LogP contribution in [0.4, 0.5) is 4.79 Å². The minimum atomic E-state index is -1.12. The van der Waals surface area contributed by atoms with Crippen LogP contribution in [0.3, 0.4) is 0 Å². The molecule has 110 valence electrons. The summed E-state index contributed by atoms with van der Waals surface area (Å²) in [6.45, 7) is -0.563. The Morgan fingerprint density at radius 2 is 2.05 bits per heavy atom. The Labute approximate surface area is 114 Å².